The highest BCUT2D eigenvalue weighted by Crippen LogP contribution is 2.25. The quantitative estimate of drug-likeness (QED) is 0.361. The molecule has 2 amide bonds. The maximum Gasteiger partial charge on any atom is 0.264 e. The molecule has 0 aromatic heterocycles. The summed E-state index contributed by atoms with van der Waals surface area (Å²) in [4.78, 5) is 28.1. The van der Waals surface area contributed by atoms with Crippen molar-refractivity contribution in [2.24, 2.45) is 0 Å². The molecule has 1 atom stereocenters. The van der Waals surface area contributed by atoms with Crippen LogP contribution in [0.3, 0.4) is 0 Å². The van der Waals surface area contributed by atoms with Gasteiger partial charge in [0.2, 0.25) is 11.8 Å². The third-order valence-corrected chi connectivity index (χ3v) is 8.05. The van der Waals surface area contributed by atoms with E-state index in [1.807, 2.05) is 6.92 Å². The van der Waals surface area contributed by atoms with Crippen molar-refractivity contribution in [1.82, 2.24) is 10.2 Å². The van der Waals surface area contributed by atoms with Gasteiger partial charge in [0, 0.05) is 18.1 Å². The van der Waals surface area contributed by atoms with E-state index < -0.39 is 34.3 Å². The molecule has 3 aromatic carbocycles. The Bertz CT molecular complexity index is 1350. The van der Waals surface area contributed by atoms with Gasteiger partial charge < -0.3 is 10.2 Å². The van der Waals surface area contributed by atoms with Gasteiger partial charge in [-0.1, -0.05) is 48.4 Å². The van der Waals surface area contributed by atoms with Crippen LogP contribution < -0.4 is 9.62 Å². The number of anilines is 1. The van der Waals surface area contributed by atoms with E-state index in [0.29, 0.717) is 18.0 Å². The summed E-state index contributed by atoms with van der Waals surface area (Å²) in [5.41, 5.74) is 1.72. The fourth-order valence-corrected chi connectivity index (χ4v) is 5.51. The zero-order valence-electron chi connectivity index (χ0n) is 21.5. The van der Waals surface area contributed by atoms with Gasteiger partial charge in [-0.25, -0.2) is 12.8 Å². The van der Waals surface area contributed by atoms with E-state index in [-0.39, 0.29) is 23.0 Å². The summed E-state index contributed by atoms with van der Waals surface area (Å²) >= 11 is 6.01. The lowest BCUT2D eigenvalue weighted by molar-refractivity contribution is -0.140. The van der Waals surface area contributed by atoms with Crippen molar-refractivity contribution in [2.45, 2.75) is 44.7 Å². The van der Waals surface area contributed by atoms with Crippen molar-refractivity contribution in [1.29, 1.82) is 0 Å². The number of halogens is 2. The van der Waals surface area contributed by atoms with Crippen LogP contribution in [-0.4, -0.2) is 44.3 Å². The van der Waals surface area contributed by atoms with Gasteiger partial charge in [-0.05, 0) is 74.4 Å². The second kappa shape index (κ2) is 12.9. The molecule has 7 nitrogen and oxygen atoms in total. The highest BCUT2D eigenvalue weighted by Gasteiger charge is 2.33. The number of likely N-dealkylation sites (N-methyl/N-ethyl adjacent to an activating group) is 1. The normalized spacial score (nSPS) is 12.0. The Morgan fingerprint density at radius 3 is 2.11 bits per heavy atom. The molecule has 0 radical (unpaired) electrons. The largest absolute Gasteiger partial charge is 0.355 e. The smallest absolute Gasteiger partial charge is 0.264 e. The average Bonchev–Trinajstić information content (AvgIpc) is 2.89. The molecule has 0 aliphatic heterocycles. The number of carbonyl (C=O) groups is 2. The molecule has 3 rings (SSSR count). The summed E-state index contributed by atoms with van der Waals surface area (Å²) < 4.78 is 42.1. The zero-order valence-corrected chi connectivity index (χ0v) is 23.1. The first kappa shape index (κ1) is 29.1. The number of amides is 2. The van der Waals surface area contributed by atoms with Gasteiger partial charge in [-0.2, -0.15) is 0 Å². The Morgan fingerprint density at radius 1 is 0.947 bits per heavy atom. The predicted octanol–water partition coefficient (Wildman–Crippen LogP) is 4.93. The number of sulfonamides is 1. The molecule has 0 heterocycles. The Hall–Kier alpha value is -3.43. The number of carbonyl (C=O) groups excluding carboxylic acids is 2. The van der Waals surface area contributed by atoms with Gasteiger partial charge in [-0.3, -0.25) is 13.9 Å². The molecule has 0 bridgehead atoms. The highest BCUT2D eigenvalue weighted by atomic mass is 35.5. The minimum Gasteiger partial charge on any atom is -0.355 e. The third-order valence-electron chi connectivity index (χ3n) is 6.01. The minimum absolute atomic E-state index is 0.0137. The lowest BCUT2D eigenvalue weighted by Crippen LogP contribution is -2.52. The monoisotopic (exact) mass is 559 g/mol. The van der Waals surface area contributed by atoms with Crippen LogP contribution in [0.1, 0.15) is 31.4 Å². The number of nitrogens with zero attached hydrogens (tertiary/aromatic N) is 2. The molecule has 38 heavy (non-hydrogen) atoms. The summed E-state index contributed by atoms with van der Waals surface area (Å²) in [6.45, 7) is 5.24. The van der Waals surface area contributed by atoms with Crippen LogP contribution in [0, 0.1) is 12.7 Å². The zero-order chi connectivity index (χ0) is 27.9. The lowest BCUT2D eigenvalue weighted by Gasteiger charge is -2.33. The number of benzene rings is 3. The molecule has 0 unspecified atom stereocenters. The minimum atomic E-state index is -4.21. The van der Waals surface area contributed by atoms with E-state index in [4.69, 9.17) is 11.6 Å². The number of rotatable bonds is 11. The van der Waals surface area contributed by atoms with Crippen molar-refractivity contribution >= 4 is 39.1 Å². The molecule has 10 heteroatoms. The predicted molar refractivity (Wildman–Crippen MR) is 147 cm³/mol. The van der Waals surface area contributed by atoms with Crippen molar-refractivity contribution in [3.05, 3.63) is 94.8 Å². The van der Waals surface area contributed by atoms with E-state index in [1.54, 1.807) is 50.2 Å². The lowest BCUT2D eigenvalue weighted by atomic mass is 10.1. The molecule has 0 saturated heterocycles. The maximum atomic E-state index is 13.8. The summed E-state index contributed by atoms with van der Waals surface area (Å²) in [7, 11) is -4.21. The van der Waals surface area contributed by atoms with Gasteiger partial charge in [0.05, 0.1) is 10.6 Å². The van der Waals surface area contributed by atoms with Crippen molar-refractivity contribution in [3.63, 3.8) is 0 Å². The second-order valence-corrected chi connectivity index (χ2v) is 11.1. The van der Waals surface area contributed by atoms with Gasteiger partial charge in [0.25, 0.3) is 10.0 Å². The van der Waals surface area contributed by atoms with E-state index in [2.05, 4.69) is 5.32 Å². The Balaban J connectivity index is 2.04. The van der Waals surface area contributed by atoms with Crippen LogP contribution in [0.25, 0.3) is 0 Å². The molecular weight excluding hydrogens is 529 g/mol. The summed E-state index contributed by atoms with van der Waals surface area (Å²) in [5.74, 6) is -1.47. The van der Waals surface area contributed by atoms with Gasteiger partial charge >= 0.3 is 0 Å². The summed E-state index contributed by atoms with van der Waals surface area (Å²) in [6, 6.07) is 17.1. The summed E-state index contributed by atoms with van der Waals surface area (Å²) in [6.07, 6.45) is 0.312. The van der Waals surface area contributed by atoms with E-state index >= 15 is 0 Å². The van der Waals surface area contributed by atoms with E-state index in [0.717, 1.165) is 27.6 Å². The van der Waals surface area contributed by atoms with Gasteiger partial charge in [0.15, 0.2) is 0 Å². The Labute approximate surface area is 228 Å². The fraction of sp³-hybridized carbons (Fsp3) is 0.286. The number of aryl methyl sites for hydroxylation is 1. The Kier molecular flexibility index (Phi) is 9.88. The second-order valence-electron chi connectivity index (χ2n) is 8.77. The summed E-state index contributed by atoms with van der Waals surface area (Å²) in [5, 5.41) is 3.27. The molecule has 0 fully saturated rings. The number of nitrogens with one attached hydrogen (secondary N) is 1. The SMILES string of the molecule is CCNC(=O)[C@H](CC)N(Cc1ccc(Cl)cc1)C(=O)CN(c1ccc(F)cc1)S(=O)(=O)c1ccc(C)cc1. The molecule has 0 saturated carbocycles. The standard InChI is InChI=1S/C28H31ClFN3O4S/c1-4-26(28(35)31-5-2)32(18-21-8-10-22(29)11-9-21)27(34)19-33(24-14-12-23(30)13-15-24)38(36,37)25-16-6-20(3)7-17-25/h6-17,26H,4-5,18-19H2,1-3H3,(H,31,35)/t26-/m0/s1. The molecular formula is C28H31ClFN3O4S. The van der Waals surface area contributed by atoms with Crippen LogP contribution >= 0.6 is 11.6 Å². The average molecular weight is 560 g/mol. The van der Waals surface area contributed by atoms with Crippen LogP contribution in [-0.2, 0) is 26.2 Å². The van der Waals surface area contributed by atoms with Gasteiger partial charge in [-0.15, -0.1) is 0 Å². The molecule has 0 spiro atoms. The molecule has 0 aliphatic rings. The van der Waals surface area contributed by atoms with Gasteiger partial charge in [0.1, 0.15) is 18.4 Å². The third kappa shape index (κ3) is 7.11. The van der Waals surface area contributed by atoms with E-state index in [9.17, 15) is 22.4 Å². The molecule has 202 valence electrons. The fourth-order valence-electron chi connectivity index (χ4n) is 3.97. The molecule has 1 N–H and O–H groups in total. The van der Waals surface area contributed by atoms with Crippen LogP contribution in [0.2, 0.25) is 5.02 Å². The van der Waals surface area contributed by atoms with Crippen molar-refractivity contribution in [2.75, 3.05) is 17.4 Å². The molecule has 0 aliphatic carbocycles. The first-order valence-corrected chi connectivity index (χ1v) is 14.0. The van der Waals surface area contributed by atoms with E-state index in [1.165, 1.54) is 29.2 Å². The first-order chi connectivity index (χ1) is 18.1. The van der Waals surface area contributed by atoms with Crippen molar-refractivity contribution < 1.29 is 22.4 Å². The number of hydrogen-bond acceptors (Lipinski definition) is 4. The maximum absolute atomic E-state index is 13.8. The van der Waals surface area contributed by atoms with Crippen LogP contribution in [0.5, 0.6) is 0 Å². The number of hydrogen-bond donors (Lipinski definition) is 1. The molecule has 3 aromatic rings. The van der Waals surface area contributed by atoms with Crippen molar-refractivity contribution in [3.8, 4) is 0 Å². The highest BCUT2D eigenvalue weighted by molar-refractivity contribution is 7.92. The topological polar surface area (TPSA) is 86.8 Å². The Morgan fingerprint density at radius 2 is 1.55 bits per heavy atom. The first-order valence-electron chi connectivity index (χ1n) is 12.2. The van der Waals surface area contributed by atoms with Crippen LogP contribution in [0.4, 0.5) is 10.1 Å². The van der Waals surface area contributed by atoms with Crippen LogP contribution in [0.15, 0.2) is 77.7 Å².